The highest BCUT2D eigenvalue weighted by Gasteiger charge is 2.22. The number of imidazole rings is 1. The number of nitrogens with zero attached hydrogens (tertiary/aromatic N) is 2. The van der Waals surface area contributed by atoms with Gasteiger partial charge in [0, 0.05) is 11.0 Å². The molecule has 0 bridgehead atoms. The molecule has 0 radical (unpaired) electrons. The predicted octanol–water partition coefficient (Wildman–Crippen LogP) is 3.14. The van der Waals surface area contributed by atoms with Crippen molar-refractivity contribution in [2.75, 3.05) is 0 Å². The molecule has 0 amide bonds. The third-order valence-corrected chi connectivity index (χ3v) is 3.71. The van der Waals surface area contributed by atoms with Gasteiger partial charge < -0.3 is 9.67 Å². The predicted molar refractivity (Wildman–Crippen MR) is 69.6 cm³/mol. The van der Waals surface area contributed by atoms with Crippen LogP contribution in [-0.2, 0) is 6.54 Å². The highest BCUT2D eigenvalue weighted by atomic mass is 79.9. The van der Waals surface area contributed by atoms with Gasteiger partial charge in [0.05, 0.1) is 11.9 Å². The Morgan fingerprint density at radius 2 is 2.06 bits per heavy atom. The average molecular weight is 293 g/mol. The van der Waals surface area contributed by atoms with Crippen molar-refractivity contribution in [3.05, 3.63) is 40.8 Å². The van der Waals surface area contributed by atoms with Crippen molar-refractivity contribution >= 4 is 15.9 Å². The summed E-state index contributed by atoms with van der Waals surface area (Å²) in [6, 6.07) is 8.17. The average Bonchev–Trinajstić information content (AvgIpc) is 2.75. The maximum atomic E-state index is 9.87. The first kappa shape index (κ1) is 11.0. The van der Waals surface area contributed by atoms with E-state index in [1.165, 1.54) is 0 Å². The highest BCUT2D eigenvalue weighted by molar-refractivity contribution is 9.10. The van der Waals surface area contributed by atoms with Gasteiger partial charge in [-0.25, -0.2) is 4.98 Å². The molecule has 1 aromatic heterocycles. The van der Waals surface area contributed by atoms with Gasteiger partial charge in [-0.3, -0.25) is 0 Å². The molecule has 2 aromatic rings. The largest absolute Gasteiger partial charge is 0.385 e. The van der Waals surface area contributed by atoms with Gasteiger partial charge in [-0.05, 0) is 30.5 Å². The summed E-state index contributed by atoms with van der Waals surface area (Å²) in [7, 11) is 0. The zero-order valence-corrected chi connectivity index (χ0v) is 10.9. The number of halogens is 1. The Morgan fingerprint density at radius 1 is 1.29 bits per heavy atom. The number of fused-ring (bicyclic) bond motifs is 1. The van der Waals surface area contributed by atoms with Gasteiger partial charge in [-0.1, -0.05) is 28.1 Å². The Hall–Kier alpha value is -1.13. The summed E-state index contributed by atoms with van der Waals surface area (Å²) < 4.78 is 3.19. The van der Waals surface area contributed by atoms with E-state index in [1.807, 2.05) is 18.3 Å². The fourth-order valence-electron chi connectivity index (χ4n) is 2.31. The summed E-state index contributed by atoms with van der Waals surface area (Å²) >= 11 is 3.43. The molecule has 1 N–H and O–H groups in total. The number of hydrogen-bond acceptors (Lipinski definition) is 2. The minimum absolute atomic E-state index is 0.409. The quantitative estimate of drug-likeness (QED) is 0.877. The molecule has 1 aliphatic heterocycles. The molecule has 0 saturated heterocycles. The zero-order valence-electron chi connectivity index (χ0n) is 9.31. The van der Waals surface area contributed by atoms with Crippen molar-refractivity contribution in [2.45, 2.75) is 25.5 Å². The lowest BCUT2D eigenvalue weighted by Crippen LogP contribution is -2.16. The number of aromatic nitrogens is 2. The summed E-state index contributed by atoms with van der Waals surface area (Å²) in [5, 5.41) is 9.87. The summed E-state index contributed by atoms with van der Waals surface area (Å²) in [4.78, 5) is 4.34. The van der Waals surface area contributed by atoms with Gasteiger partial charge in [-0.2, -0.15) is 0 Å². The fraction of sp³-hybridized carbons (Fsp3) is 0.308. The summed E-state index contributed by atoms with van der Waals surface area (Å²) in [6.45, 7) is 0.942. The van der Waals surface area contributed by atoms with Crippen molar-refractivity contribution in [1.82, 2.24) is 9.55 Å². The van der Waals surface area contributed by atoms with Crippen LogP contribution in [0.4, 0.5) is 0 Å². The molecule has 0 saturated carbocycles. The normalized spacial score (nSPS) is 19.1. The molecule has 0 spiro atoms. The Morgan fingerprint density at radius 3 is 2.82 bits per heavy atom. The Labute approximate surface area is 108 Å². The van der Waals surface area contributed by atoms with Crippen molar-refractivity contribution < 1.29 is 5.11 Å². The fourth-order valence-corrected chi connectivity index (χ4v) is 2.58. The van der Waals surface area contributed by atoms with Crippen molar-refractivity contribution in [3.8, 4) is 11.3 Å². The van der Waals surface area contributed by atoms with Crippen LogP contribution >= 0.6 is 15.9 Å². The molecule has 3 nitrogen and oxygen atoms in total. The van der Waals surface area contributed by atoms with E-state index >= 15 is 0 Å². The summed E-state index contributed by atoms with van der Waals surface area (Å²) in [5.74, 6) is 0.800. The SMILES string of the molecule is OC1CCCn2c(-c3ccc(Br)cc3)cnc21. The number of hydrogen-bond donors (Lipinski definition) is 1. The van der Waals surface area contributed by atoms with E-state index in [1.54, 1.807) is 0 Å². The number of benzene rings is 1. The molecule has 1 unspecified atom stereocenters. The van der Waals surface area contributed by atoms with Crippen LogP contribution in [-0.4, -0.2) is 14.7 Å². The molecule has 3 rings (SSSR count). The Bertz CT molecular complexity index is 533. The first-order valence-corrected chi connectivity index (χ1v) is 6.54. The molecule has 4 heteroatoms. The first-order valence-electron chi connectivity index (χ1n) is 5.75. The van der Waals surface area contributed by atoms with Gasteiger partial charge in [0.15, 0.2) is 0 Å². The lowest BCUT2D eigenvalue weighted by Gasteiger charge is -2.20. The number of aliphatic hydroxyl groups is 1. The van der Waals surface area contributed by atoms with E-state index in [0.717, 1.165) is 40.9 Å². The van der Waals surface area contributed by atoms with Crippen LogP contribution in [0.1, 0.15) is 24.8 Å². The van der Waals surface area contributed by atoms with Gasteiger partial charge in [0.2, 0.25) is 0 Å². The van der Waals surface area contributed by atoms with E-state index in [2.05, 4.69) is 37.6 Å². The van der Waals surface area contributed by atoms with E-state index in [-0.39, 0.29) is 0 Å². The maximum absolute atomic E-state index is 9.87. The monoisotopic (exact) mass is 292 g/mol. The summed E-state index contributed by atoms with van der Waals surface area (Å²) in [5.41, 5.74) is 2.23. The van der Waals surface area contributed by atoms with Crippen LogP contribution in [0.3, 0.4) is 0 Å². The topological polar surface area (TPSA) is 38.0 Å². The minimum atomic E-state index is -0.409. The van der Waals surface area contributed by atoms with Gasteiger partial charge >= 0.3 is 0 Å². The molecule has 0 aliphatic carbocycles. The molecular weight excluding hydrogens is 280 g/mol. The van der Waals surface area contributed by atoms with E-state index in [0.29, 0.717) is 0 Å². The lowest BCUT2D eigenvalue weighted by molar-refractivity contribution is 0.134. The van der Waals surface area contributed by atoms with Crippen molar-refractivity contribution in [3.63, 3.8) is 0 Å². The van der Waals surface area contributed by atoms with Crippen LogP contribution < -0.4 is 0 Å². The van der Waals surface area contributed by atoms with Crippen LogP contribution in [0, 0.1) is 0 Å². The lowest BCUT2D eigenvalue weighted by atomic mass is 10.1. The second kappa shape index (κ2) is 4.27. The standard InChI is InChI=1S/C13H13BrN2O/c14-10-5-3-9(4-6-10)11-8-15-13-12(17)2-1-7-16(11)13/h3-6,8,12,17H,1-2,7H2. The molecule has 1 atom stereocenters. The Kier molecular flexibility index (Phi) is 2.76. The third-order valence-electron chi connectivity index (χ3n) is 3.18. The number of rotatable bonds is 1. The third kappa shape index (κ3) is 1.91. The number of aliphatic hydroxyl groups excluding tert-OH is 1. The van der Waals surface area contributed by atoms with E-state index in [4.69, 9.17) is 0 Å². The second-order valence-corrected chi connectivity index (χ2v) is 5.23. The molecule has 1 aromatic carbocycles. The van der Waals surface area contributed by atoms with Crippen LogP contribution in [0.5, 0.6) is 0 Å². The smallest absolute Gasteiger partial charge is 0.138 e. The maximum Gasteiger partial charge on any atom is 0.138 e. The zero-order chi connectivity index (χ0) is 11.8. The van der Waals surface area contributed by atoms with Crippen LogP contribution in [0.25, 0.3) is 11.3 Å². The van der Waals surface area contributed by atoms with Gasteiger partial charge in [0.1, 0.15) is 11.9 Å². The molecule has 88 valence electrons. The van der Waals surface area contributed by atoms with E-state index < -0.39 is 6.10 Å². The summed E-state index contributed by atoms with van der Waals surface area (Å²) in [6.07, 6.45) is 3.27. The molecule has 2 heterocycles. The molecule has 1 aliphatic rings. The molecule has 0 fully saturated rings. The highest BCUT2D eigenvalue weighted by Crippen LogP contribution is 2.30. The van der Waals surface area contributed by atoms with Crippen LogP contribution in [0.2, 0.25) is 0 Å². The molecular formula is C13H13BrN2O. The van der Waals surface area contributed by atoms with Crippen molar-refractivity contribution in [2.24, 2.45) is 0 Å². The minimum Gasteiger partial charge on any atom is -0.385 e. The first-order chi connectivity index (χ1) is 8.25. The van der Waals surface area contributed by atoms with Crippen molar-refractivity contribution in [1.29, 1.82) is 0 Å². The second-order valence-electron chi connectivity index (χ2n) is 4.32. The Balaban J connectivity index is 2.07. The van der Waals surface area contributed by atoms with E-state index in [9.17, 15) is 5.11 Å². The van der Waals surface area contributed by atoms with Gasteiger partial charge in [-0.15, -0.1) is 0 Å². The van der Waals surface area contributed by atoms with Gasteiger partial charge in [0.25, 0.3) is 0 Å². The van der Waals surface area contributed by atoms with Crippen LogP contribution in [0.15, 0.2) is 34.9 Å². The molecule has 17 heavy (non-hydrogen) atoms.